The number of anilines is 1. The van der Waals surface area contributed by atoms with Crippen molar-refractivity contribution in [2.75, 3.05) is 5.32 Å². The normalized spacial score (nSPS) is 10.0. The number of nitrogens with two attached hydrogens (primary N) is 1. The second-order valence-electron chi connectivity index (χ2n) is 3.38. The minimum atomic E-state index is 0.0811. The number of aromatic nitrogens is 2. The summed E-state index contributed by atoms with van der Waals surface area (Å²) in [5, 5.41) is 10.5. The van der Waals surface area contributed by atoms with E-state index in [4.69, 9.17) is 11.1 Å². The Labute approximate surface area is 93.2 Å². The molecule has 0 radical (unpaired) electrons. The highest BCUT2D eigenvalue weighted by atomic mass is 15.0. The molecule has 82 valence electrons. The van der Waals surface area contributed by atoms with Crippen molar-refractivity contribution in [3.63, 3.8) is 0 Å². The Bertz CT molecular complexity index is 458. The predicted molar refractivity (Wildman–Crippen MR) is 63.4 cm³/mol. The van der Waals surface area contributed by atoms with Crippen molar-refractivity contribution >= 4 is 11.5 Å². The Balaban J connectivity index is 1.98. The van der Waals surface area contributed by atoms with Gasteiger partial charge in [-0.25, -0.2) is 4.98 Å². The maximum atomic E-state index is 7.26. The predicted octanol–water partition coefficient (Wildman–Crippen LogP) is 1.31. The molecule has 0 aliphatic carbocycles. The van der Waals surface area contributed by atoms with E-state index in [2.05, 4.69) is 15.3 Å². The quantitative estimate of drug-likeness (QED) is 0.457. The molecular formula is C11H13N5. The zero-order valence-corrected chi connectivity index (χ0v) is 8.70. The lowest BCUT2D eigenvalue weighted by atomic mass is 10.2. The van der Waals surface area contributed by atoms with Gasteiger partial charge in [0.2, 0.25) is 0 Å². The fraction of sp³-hybridized carbons (Fsp3) is 0.0909. The summed E-state index contributed by atoms with van der Waals surface area (Å²) in [6.07, 6.45) is 3.51. The fourth-order valence-corrected chi connectivity index (χ4v) is 1.35. The molecule has 0 aliphatic heterocycles. The van der Waals surface area contributed by atoms with Gasteiger partial charge >= 0.3 is 0 Å². The Hall–Kier alpha value is -2.30. The number of nitrogen functional groups attached to an aromatic ring is 1. The number of nitrogens with zero attached hydrogens (tertiary/aromatic N) is 1. The minimum absolute atomic E-state index is 0.0811. The topological polar surface area (TPSA) is 90.6 Å². The summed E-state index contributed by atoms with van der Waals surface area (Å²) in [6, 6.07) is 7.40. The molecule has 0 atom stereocenters. The lowest BCUT2D eigenvalue weighted by molar-refractivity contribution is 1.00. The van der Waals surface area contributed by atoms with Crippen LogP contribution in [0, 0.1) is 5.41 Å². The summed E-state index contributed by atoms with van der Waals surface area (Å²) in [4.78, 5) is 7.11. The van der Waals surface area contributed by atoms with Crippen molar-refractivity contribution in [2.45, 2.75) is 6.54 Å². The van der Waals surface area contributed by atoms with E-state index in [1.54, 1.807) is 12.4 Å². The van der Waals surface area contributed by atoms with Gasteiger partial charge in [-0.3, -0.25) is 5.41 Å². The van der Waals surface area contributed by atoms with Crippen molar-refractivity contribution in [3.8, 4) is 0 Å². The van der Waals surface area contributed by atoms with Crippen LogP contribution < -0.4 is 11.1 Å². The van der Waals surface area contributed by atoms with E-state index in [0.29, 0.717) is 6.54 Å². The molecule has 0 saturated heterocycles. The minimum Gasteiger partial charge on any atom is -0.384 e. The molecule has 5 N–H and O–H groups in total. The van der Waals surface area contributed by atoms with Gasteiger partial charge in [0.1, 0.15) is 11.7 Å². The number of nitrogens with one attached hydrogen (secondary N) is 3. The van der Waals surface area contributed by atoms with E-state index in [0.717, 1.165) is 17.1 Å². The number of aromatic amines is 1. The largest absolute Gasteiger partial charge is 0.384 e. The first-order chi connectivity index (χ1) is 7.75. The zero-order chi connectivity index (χ0) is 11.4. The van der Waals surface area contributed by atoms with Crippen LogP contribution in [0.15, 0.2) is 36.7 Å². The first kappa shape index (κ1) is 10.2. The van der Waals surface area contributed by atoms with Gasteiger partial charge < -0.3 is 16.0 Å². The molecule has 0 saturated carbocycles. The fourth-order valence-electron chi connectivity index (χ4n) is 1.35. The second-order valence-corrected chi connectivity index (χ2v) is 3.38. The van der Waals surface area contributed by atoms with Crippen molar-refractivity contribution in [1.82, 2.24) is 9.97 Å². The molecule has 0 aliphatic rings. The average molecular weight is 215 g/mol. The Morgan fingerprint density at radius 2 is 2.12 bits per heavy atom. The summed E-state index contributed by atoms with van der Waals surface area (Å²) >= 11 is 0. The van der Waals surface area contributed by atoms with Crippen LogP contribution in [-0.4, -0.2) is 15.8 Å². The van der Waals surface area contributed by atoms with Gasteiger partial charge in [-0.1, -0.05) is 0 Å². The lowest BCUT2D eigenvalue weighted by Crippen LogP contribution is -2.10. The summed E-state index contributed by atoms with van der Waals surface area (Å²) in [7, 11) is 0. The van der Waals surface area contributed by atoms with Crippen molar-refractivity contribution in [1.29, 1.82) is 5.41 Å². The Kier molecular flexibility index (Phi) is 2.86. The standard InChI is InChI=1S/C11H13N5/c12-11(13)8-1-3-9(4-2-8)16-7-10-14-5-6-15-10/h1-6,16H,7H2,(H3,12,13)(H,14,15). The molecule has 1 heterocycles. The number of hydrogen-bond acceptors (Lipinski definition) is 3. The molecule has 1 aromatic carbocycles. The van der Waals surface area contributed by atoms with Crippen molar-refractivity contribution in [2.24, 2.45) is 5.73 Å². The van der Waals surface area contributed by atoms with Gasteiger partial charge in [0, 0.05) is 23.6 Å². The maximum absolute atomic E-state index is 7.26. The molecule has 5 nitrogen and oxygen atoms in total. The van der Waals surface area contributed by atoms with E-state index in [1.165, 1.54) is 0 Å². The van der Waals surface area contributed by atoms with E-state index < -0.39 is 0 Å². The van der Waals surface area contributed by atoms with Gasteiger partial charge in [-0.2, -0.15) is 0 Å². The molecule has 16 heavy (non-hydrogen) atoms. The molecule has 5 heteroatoms. The van der Waals surface area contributed by atoms with E-state index in [-0.39, 0.29) is 5.84 Å². The Morgan fingerprint density at radius 3 is 2.69 bits per heavy atom. The molecule has 0 bridgehead atoms. The second kappa shape index (κ2) is 4.48. The monoisotopic (exact) mass is 215 g/mol. The Morgan fingerprint density at radius 1 is 1.38 bits per heavy atom. The first-order valence-corrected chi connectivity index (χ1v) is 4.92. The smallest absolute Gasteiger partial charge is 0.125 e. The van der Waals surface area contributed by atoms with E-state index in [1.807, 2.05) is 24.3 Å². The van der Waals surface area contributed by atoms with E-state index in [9.17, 15) is 0 Å². The molecule has 0 fully saturated rings. The van der Waals surface area contributed by atoms with Crippen LogP contribution in [0.5, 0.6) is 0 Å². The molecule has 1 aromatic heterocycles. The van der Waals surface area contributed by atoms with Gasteiger partial charge in [-0.15, -0.1) is 0 Å². The zero-order valence-electron chi connectivity index (χ0n) is 8.70. The molecule has 0 amide bonds. The van der Waals surface area contributed by atoms with E-state index >= 15 is 0 Å². The van der Waals surface area contributed by atoms with Gasteiger partial charge in [0.05, 0.1) is 6.54 Å². The molecular weight excluding hydrogens is 202 g/mol. The van der Waals surface area contributed by atoms with Gasteiger partial charge in [0.15, 0.2) is 0 Å². The summed E-state index contributed by atoms with van der Waals surface area (Å²) in [5.41, 5.74) is 7.06. The third-order valence-electron chi connectivity index (χ3n) is 2.21. The summed E-state index contributed by atoms with van der Waals surface area (Å²) < 4.78 is 0. The highest BCUT2D eigenvalue weighted by Gasteiger charge is 1.97. The van der Waals surface area contributed by atoms with Crippen LogP contribution >= 0.6 is 0 Å². The third kappa shape index (κ3) is 2.38. The van der Waals surface area contributed by atoms with Gasteiger partial charge in [0.25, 0.3) is 0 Å². The van der Waals surface area contributed by atoms with Crippen molar-refractivity contribution in [3.05, 3.63) is 48.0 Å². The average Bonchev–Trinajstić information content (AvgIpc) is 2.80. The highest BCUT2D eigenvalue weighted by Crippen LogP contribution is 2.09. The van der Waals surface area contributed by atoms with Crippen LogP contribution in [0.25, 0.3) is 0 Å². The number of rotatable bonds is 4. The van der Waals surface area contributed by atoms with Crippen LogP contribution in [0.2, 0.25) is 0 Å². The van der Waals surface area contributed by atoms with Crippen LogP contribution in [0.1, 0.15) is 11.4 Å². The van der Waals surface area contributed by atoms with Crippen LogP contribution in [0.4, 0.5) is 5.69 Å². The number of hydrogen-bond donors (Lipinski definition) is 4. The number of imidazole rings is 1. The molecule has 0 spiro atoms. The summed E-state index contributed by atoms with van der Waals surface area (Å²) in [6.45, 7) is 0.645. The molecule has 0 unspecified atom stereocenters. The van der Waals surface area contributed by atoms with Crippen LogP contribution in [-0.2, 0) is 6.54 Å². The van der Waals surface area contributed by atoms with Crippen LogP contribution in [0.3, 0.4) is 0 Å². The summed E-state index contributed by atoms with van der Waals surface area (Å²) in [5.74, 6) is 0.966. The van der Waals surface area contributed by atoms with Gasteiger partial charge in [-0.05, 0) is 24.3 Å². The van der Waals surface area contributed by atoms with Crippen molar-refractivity contribution < 1.29 is 0 Å². The first-order valence-electron chi connectivity index (χ1n) is 4.92. The highest BCUT2D eigenvalue weighted by molar-refractivity contribution is 5.95. The molecule has 2 rings (SSSR count). The third-order valence-corrected chi connectivity index (χ3v) is 2.21. The number of H-pyrrole nitrogens is 1. The number of benzene rings is 1. The molecule has 2 aromatic rings. The SMILES string of the molecule is N=C(N)c1ccc(NCc2ncc[nH]2)cc1. The maximum Gasteiger partial charge on any atom is 0.125 e. The lowest BCUT2D eigenvalue weighted by Gasteiger charge is -2.05. The number of amidine groups is 1.